The second kappa shape index (κ2) is 8.48. The van der Waals surface area contributed by atoms with Crippen LogP contribution in [0.5, 0.6) is 0 Å². The number of hydrogen-bond acceptors (Lipinski definition) is 4. The van der Waals surface area contributed by atoms with Crippen LogP contribution in [-0.2, 0) is 12.3 Å². The van der Waals surface area contributed by atoms with Gasteiger partial charge < -0.3 is 5.32 Å². The molecule has 0 amide bonds. The van der Waals surface area contributed by atoms with Gasteiger partial charge in [0.2, 0.25) is 0 Å². The predicted molar refractivity (Wildman–Crippen MR) is 75.1 cm³/mol. The highest BCUT2D eigenvalue weighted by atomic mass is 32.2. The van der Waals surface area contributed by atoms with E-state index in [9.17, 15) is 0 Å². The Morgan fingerprint density at radius 2 is 2.00 bits per heavy atom. The molecule has 1 aromatic heterocycles. The maximum absolute atomic E-state index is 4.39. The third-order valence-corrected chi connectivity index (χ3v) is 3.91. The van der Waals surface area contributed by atoms with E-state index in [1.165, 1.54) is 6.42 Å². The third-order valence-electron chi connectivity index (χ3n) is 2.59. The highest BCUT2D eigenvalue weighted by Crippen LogP contribution is 2.17. The number of nitrogens with zero attached hydrogens (tertiary/aromatic N) is 2. The third kappa shape index (κ3) is 6.03. The Morgan fingerprint density at radius 1 is 1.29 bits per heavy atom. The molecular formula is C13H23N3S. The fraction of sp³-hybridized carbons (Fsp3) is 0.692. The van der Waals surface area contributed by atoms with Gasteiger partial charge in [0.05, 0.1) is 5.75 Å². The Balaban J connectivity index is 2.34. The van der Waals surface area contributed by atoms with Crippen LogP contribution in [0.3, 0.4) is 0 Å². The molecule has 1 rings (SSSR count). The normalized spacial score (nSPS) is 12.6. The van der Waals surface area contributed by atoms with Crippen molar-refractivity contribution in [3.63, 3.8) is 0 Å². The van der Waals surface area contributed by atoms with Crippen molar-refractivity contribution in [1.82, 2.24) is 15.3 Å². The van der Waals surface area contributed by atoms with Gasteiger partial charge in [0.1, 0.15) is 5.82 Å². The van der Waals surface area contributed by atoms with Crippen molar-refractivity contribution >= 4 is 11.8 Å². The molecule has 0 radical (unpaired) electrons. The van der Waals surface area contributed by atoms with E-state index in [0.717, 1.165) is 36.7 Å². The van der Waals surface area contributed by atoms with Crippen LogP contribution in [0, 0.1) is 0 Å². The van der Waals surface area contributed by atoms with Crippen LogP contribution in [0.25, 0.3) is 0 Å². The van der Waals surface area contributed by atoms with Gasteiger partial charge in [-0.1, -0.05) is 20.8 Å². The zero-order valence-corrected chi connectivity index (χ0v) is 11.9. The molecule has 1 atom stereocenters. The molecule has 0 saturated carbocycles. The molecular weight excluding hydrogens is 230 g/mol. The molecule has 1 unspecified atom stereocenters. The van der Waals surface area contributed by atoms with Crippen molar-refractivity contribution in [2.75, 3.05) is 6.54 Å². The molecule has 0 aliphatic rings. The van der Waals surface area contributed by atoms with Crippen LogP contribution < -0.4 is 5.32 Å². The van der Waals surface area contributed by atoms with E-state index in [0.29, 0.717) is 5.25 Å². The minimum atomic E-state index is 0.685. The van der Waals surface area contributed by atoms with E-state index < -0.39 is 0 Å². The van der Waals surface area contributed by atoms with E-state index in [2.05, 4.69) is 36.1 Å². The van der Waals surface area contributed by atoms with Crippen LogP contribution in [0.4, 0.5) is 0 Å². The summed E-state index contributed by atoms with van der Waals surface area (Å²) in [7, 11) is 0. The Kier molecular flexibility index (Phi) is 7.21. The topological polar surface area (TPSA) is 37.8 Å². The Labute approximate surface area is 109 Å². The first-order valence-electron chi connectivity index (χ1n) is 6.38. The smallest absolute Gasteiger partial charge is 0.138 e. The minimum Gasteiger partial charge on any atom is -0.313 e. The number of hydrogen-bond donors (Lipinski definition) is 1. The van der Waals surface area contributed by atoms with E-state index >= 15 is 0 Å². The van der Waals surface area contributed by atoms with Crippen molar-refractivity contribution in [3.8, 4) is 0 Å². The summed E-state index contributed by atoms with van der Waals surface area (Å²) >= 11 is 1.92. The molecule has 0 saturated heterocycles. The van der Waals surface area contributed by atoms with Gasteiger partial charge in [0.15, 0.2) is 0 Å². The van der Waals surface area contributed by atoms with E-state index in [-0.39, 0.29) is 0 Å². The van der Waals surface area contributed by atoms with Crippen molar-refractivity contribution in [3.05, 3.63) is 23.8 Å². The molecule has 96 valence electrons. The maximum Gasteiger partial charge on any atom is 0.138 e. The number of nitrogens with one attached hydrogen (secondary N) is 1. The highest BCUT2D eigenvalue weighted by molar-refractivity contribution is 7.99. The molecule has 0 bridgehead atoms. The Morgan fingerprint density at radius 3 is 2.59 bits per heavy atom. The summed E-state index contributed by atoms with van der Waals surface area (Å²) in [6.07, 6.45) is 6.22. The lowest BCUT2D eigenvalue weighted by Crippen LogP contribution is -2.14. The first kappa shape index (κ1) is 14.5. The molecule has 0 spiro atoms. The molecule has 0 aromatic carbocycles. The maximum atomic E-state index is 4.39. The zero-order chi connectivity index (χ0) is 12.5. The summed E-state index contributed by atoms with van der Waals surface area (Å²) in [6, 6.07) is 0. The van der Waals surface area contributed by atoms with Crippen molar-refractivity contribution in [2.24, 2.45) is 0 Å². The second-order valence-electron chi connectivity index (χ2n) is 4.21. The van der Waals surface area contributed by atoms with Crippen LogP contribution in [0.1, 0.15) is 45.0 Å². The number of thioether (sulfide) groups is 1. The highest BCUT2D eigenvalue weighted by Gasteiger charge is 2.02. The largest absolute Gasteiger partial charge is 0.313 e. The average molecular weight is 253 g/mol. The van der Waals surface area contributed by atoms with E-state index in [1.807, 2.05) is 24.2 Å². The summed E-state index contributed by atoms with van der Waals surface area (Å²) in [4.78, 5) is 8.78. The van der Waals surface area contributed by atoms with Gasteiger partial charge in [-0.3, -0.25) is 0 Å². The van der Waals surface area contributed by atoms with Gasteiger partial charge in [-0.15, -0.1) is 0 Å². The first-order valence-corrected chi connectivity index (χ1v) is 7.43. The summed E-state index contributed by atoms with van der Waals surface area (Å²) in [5.74, 6) is 1.85. The zero-order valence-electron chi connectivity index (χ0n) is 11.1. The molecule has 17 heavy (non-hydrogen) atoms. The molecule has 0 aliphatic carbocycles. The predicted octanol–water partition coefficient (Wildman–Crippen LogP) is 3.01. The standard InChI is InChI=1S/C13H23N3S/c1-4-6-14-7-12-8-15-13(16-9-12)10-17-11(3)5-2/h8-9,11,14H,4-7,10H2,1-3H3. The van der Waals surface area contributed by atoms with E-state index in [4.69, 9.17) is 0 Å². The fourth-order valence-electron chi connectivity index (χ4n) is 1.29. The monoisotopic (exact) mass is 253 g/mol. The molecule has 1 heterocycles. The minimum absolute atomic E-state index is 0.685. The van der Waals surface area contributed by atoms with Gasteiger partial charge in [-0.05, 0) is 19.4 Å². The lowest BCUT2D eigenvalue weighted by molar-refractivity contribution is 0.671. The summed E-state index contributed by atoms with van der Waals surface area (Å²) < 4.78 is 0. The second-order valence-corrected chi connectivity index (χ2v) is 5.64. The van der Waals surface area contributed by atoms with Crippen molar-refractivity contribution in [1.29, 1.82) is 0 Å². The molecule has 1 aromatic rings. The lowest BCUT2D eigenvalue weighted by Gasteiger charge is -2.07. The van der Waals surface area contributed by atoms with Gasteiger partial charge >= 0.3 is 0 Å². The number of aromatic nitrogens is 2. The molecule has 4 heteroatoms. The summed E-state index contributed by atoms with van der Waals surface area (Å²) in [6.45, 7) is 8.53. The van der Waals surface area contributed by atoms with Gasteiger partial charge in [0.25, 0.3) is 0 Å². The summed E-state index contributed by atoms with van der Waals surface area (Å²) in [5, 5.41) is 4.03. The SMILES string of the molecule is CCCNCc1cnc(CSC(C)CC)nc1. The van der Waals surface area contributed by atoms with Gasteiger partial charge in [0, 0.05) is 29.8 Å². The molecule has 1 N–H and O–H groups in total. The van der Waals surface area contributed by atoms with Crippen LogP contribution in [-0.4, -0.2) is 21.8 Å². The van der Waals surface area contributed by atoms with Crippen LogP contribution in [0.15, 0.2) is 12.4 Å². The molecule has 3 nitrogen and oxygen atoms in total. The average Bonchev–Trinajstić information content (AvgIpc) is 2.37. The molecule has 0 aliphatic heterocycles. The Hall–Kier alpha value is -0.610. The number of rotatable bonds is 8. The Bertz CT molecular complexity index is 300. The van der Waals surface area contributed by atoms with Crippen LogP contribution >= 0.6 is 11.8 Å². The van der Waals surface area contributed by atoms with Crippen molar-refractivity contribution in [2.45, 2.75) is 51.2 Å². The fourth-order valence-corrected chi connectivity index (χ4v) is 2.11. The first-order chi connectivity index (χ1) is 8.26. The van der Waals surface area contributed by atoms with Crippen LogP contribution in [0.2, 0.25) is 0 Å². The van der Waals surface area contributed by atoms with E-state index in [1.54, 1.807) is 0 Å². The molecule has 0 fully saturated rings. The quantitative estimate of drug-likeness (QED) is 0.723. The van der Waals surface area contributed by atoms with Gasteiger partial charge in [-0.25, -0.2) is 9.97 Å². The van der Waals surface area contributed by atoms with Gasteiger partial charge in [-0.2, -0.15) is 11.8 Å². The summed E-state index contributed by atoms with van der Waals surface area (Å²) in [5.41, 5.74) is 1.16. The van der Waals surface area contributed by atoms with Crippen molar-refractivity contribution < 1.29 is 0 Å². The lowest BCUT2D eigenvalue weighted by atomic mass is 10.3.